The topological polar surface area (TPSA) is 77.3 Å². The molecule has 5 rings (SSSR count). The Hall–Kier alpha value is -0.0600. The maximum absolute atomic E-state index is 6.13. The van der Waals surface area contributed by atoms with E-state index in [0.29, 0.717) is 11.1 Å². The van der Waals surface area contributed by atoms with Crippen LogP contribution in [0.4, 0.5) is 0 Å². The van der Waals surface area contributed by atoms with Gasteiger partial charge in [-0.2, -0.15) is 0 Å². The maximum Gasteiger partial charge on any atom is 0.250 e. The van der Waals surface area contributed by atoms with E-state index >= 15 is 0 Å². The lowest BCUT2D eigenvalue weighted by atomic mass is 9.89. The molecule has 0 amide bonds. The molecule has 2 aromatic carbocycles. The number of halogens is 12. The van der Waals surface area contributed by atoms with Crippen molar-refractivity contribution in [3.63, 3.8) is 0 Å². The second-order valence-corrected chi connectivity index (χ2v) is 19.7. The Morgan fingerprint density at radius 1 is 0.489 bits per heavy atom. The highest BCUT2D eigenvalue weighted by atomic mass is 35.6. The van der Waals surface area contributed by atoms with Crippen molar-refractivity contribution < 1.29 is 0 Å². The molecular weight excluding hydrogens is 858 g/mol. The number of alkyl halides is 12. The van der Waals surface area contributed by atoms with Gasteiger partial charge in [0.15, 0.2) is 34.9 Å². The summed E-state index contributed by atoms with van der Waals surface area (Å²) in [6.07, 6.45) is 5.10. The molecule has 6 nitrogen and oxygen atoms in total. The zero-order valence-corrected chi connectivity index (χ0v) is 32.9. The average molecular weight is 878 g/mol. The Morgan fingerprint density at radius 3 is 1.17 bits per heavy atom. The fraction of sp³-hybridized carbons (Fsp3) is 0.379. The highest BCUT2D eigenvalue weighted by Gasteiger charge is 2.37. The van der Waals surface area contributed by atoms with Crippen molar-refractivity contribution in [1.82, 2.24) is 29.9 Å². The molecule has 0 bridgehead atoms. The molecule has 0 fully saturated rings. The van der Waals surface area contributed by atoms with Crippen molar-refractivity contribution in [3.05, 3.63) is 70.8 Å². The van der Waals surface area contributed by atoms with E-state index in [1.54, 1.807) is 0 Å². The van der Waals surface area contributed by atoms with Crippen molar-refractivity contribution in [2.24, 2.45) is 0 Å². The standard InChI is InChI=1S/C29H20Cl12N6/c1-2-3-4-5-6-15-18-11-13(20-42-22(26(30,31)32)46-23(43-20)27(33,34)35)7-9-16(18)17-10-8-14(12-19(15)17)21-44-24(28(36,37)38)47-25(45-21)29(39,40)41/h7-12,15H,2-6H2,1H3. The molecule has 0 aliphatic heterocycles. The van der Waals surface area contributed by atoms with Gasteiger partial charge in [0, 0.05) is 17.0 Å². The predicted octanol–water partition coefficient (Wildman–Crippen LogP) is 12.8. The van der Waals surface area contributed by atoms with E-state index in [-0.39, 0.29) is 40.9 Å². The van der Waals surface area contributed by atoms with E-state index in [4.69, 9.17) is 139 Å². The van der Waals surface area contributed by atoms with Crippen LogP contribution in [-0.4, -0.2) is 29.9 Å². The largest absolute Gasteiger partial charge is 0.250 e. The maximum atomic E-state index is 6.13. The fourth-order valence-electron chi connectivity index (χ4n) is 5.24. The highest BCUT2D eigenvalue weighted by molar-refractivity contribution is 6.68. The van der Waals surface area contributed by atoms with Crippen LogP contribution >= 0.6 is 139 Å². The van der Waals surface area contributed by atoms with Gasteiger partial charge in [0.05, 0.1) is 0 Å². The van der Waals surface area contributed by atoms with Crippen LogP contribution in [0.2, 0.25) is 0 Å². The van der Waals surface area contributed by atoms with Crippen molar-refractivity contribution >= 4 is 139 Å². The summed E-state index contributed by atoms with van der Waals surface area (Å²) >= 11 is 73.5. The van der Waals surface area contributed by atoms with Gasteiger partial charge in [-0.1, -0.05) is 196 Å². The molecule has 0 radical (unpaired) electrons. The van der Waals surface area contributed by atoms with E-state index in [1.807, 2.05) is 36.4 Å². The Kier molecular flexibility index (Phi) is 11.8. The SMILES string of the molecule is CCCCCCC1c2cc(-c3nc(C(Cl)(Cl)Cl)nc(C(Cl)(Cl)Cl)n3)ccc2-c2ccc(-c3nc(C(Cl)(Cl)Cl)nc(C(Cl)(Cl)Cl)n3)cc21. The average Bonchev–Trinajstić information content (AvgIpc) is 3.29. The highest BCUT2D eigenvalue weighted by Crippen LogP contribution is 2.50. The van der Waals surface area contributed by atoms with Gasteiger partial charge in [-0.15, -0.1) is 0 Å². The number of fused-ring (bicyclic) bond motifs is 3. The number of aromatic nitrogens is 6. The summed E-state index contributed by atoms with van der Waals surface area (Å²) in [6.45, 7) is 2.16. The third-order valence-electron chi connectivity index (χ3n) is 7.29. The van der Waals surface area contributed by atoms with Crippen LogP contribution in [0.3, 0.4) is 0 Å². The molecule has 250 valence electrons. The number of rotatable bonds is 7. The second kappa shape index (κ2) is 14.5. The molecule has 0 saturated carbocycles. The Balaban J connectivity index is 1.64. The lowest BCUT2D eigenvalue weighted by Crippen LogP contribution is -2.16. The number of nitrogens with zero attached hydrogens (tertiary/aromatic N) is 6. The number of benzene rings is 2. The van der Waals surface area contributed by atoms with Crippen molar-refractivity contribution in [2.45, 2.75) is 60.1 Å². The minimum Gasteiger partial charge on any atom is -0.209 e. The molecule has 1 aliphatic carbocycles. The first-order valence-corrected chi connectivity index (χ1v) is 18.4. The normalized spacial score (nSPS) is 14.0. The minimum absolute atomic E-state index is 0.0269. The molecule has 0 N–H and O–H groups in total. The van der Waals surface area contributed by atoms with E-state index in [0.717, 1.165) is 54.4 Å². The van der Waals surface area contributed by atoms with Gasteiger partial charge in [0.1, 0.15) is 0 Å². The number of hydrogen-bond acceptors (Lipinski definition) is 6. The van der Waals surface area contributed by atoms with Crippen LogP contribution in [0.25, 0.3) is 33.9 Å². The third kappa shape index (κ3) is 8.88. The van der Waals surface area contributed by atoms with E-state index in [9.17, 15) is 0 Å². The van der Waals surface area contributed by atoms with Gasteiger partial charge >= 0.3 is 0 Å². The van der Waals surface area contributed by atoms with Gasteiger partial charge in [0.25, 0.3) is 0 Å². The molecule has 2 heterocycles. The van der Waals surface area contributed by atoms with Gasteiger partial charge in [0.2, 0.25) is 15.2 Å². The smallest absolute Gasteiger partial charge is 0.209 e. The van der Waals surface area contributed by atoms with Gasteiger partial charge in [-0.25, -0.2) is 29.9 Å². The Bertz CT molecular complexity index is 1610. The lowest BCUT2D eigenvalue weighted by molar-refractivity contribution is 0.601. The molecule has 0 atom stereocenters. The number of hydrogen-bond donors (Lipinski definition) is 0. The fourth-order valence-corrected chi connectivity index (χ4v) is 6.26. The molecule has 47 heavy (non-hydrogen) atoms. The molecule has 18 heteroatoms. The van der Waals surface area contributed by atoms with E-state index in [1.165, 1.54) is 0 Å². The monoisotopic (exact) mass is 872 g/mol. The van der Waals surface area contributed by atoms with Gasteiger partial charge < -0.3 is 0 Å². The Labute approximate surface area is 331 Å². The summed E-state index contributed by atoms with van der Waals surface area (Å²) in [5.41, 5.74) is 5.34. The molecule has 4 aromatic rings. The van der Waals surface area contributed by atoms with Gasteiger partial charge in [-0.05, 0) is 40.8 Å². The van der Waals surface area contributed by atoms with Crippen LogP contribution in [-0.2, 0) is 15.2 Å². The molecular formula is C29H20Cl12N6. The van der Waals surface area contributed by atoms with Crippen molar-refractivity contribution in [3.8, 4) is 33.9 Å². The lowest BCUT2D eigenvalue weighted by Gasteiger charge is -2.17. The number of unbranched alkanes of at least 4 members (excludes halogenated alkanes) is 3. The van der Waals surface area contributed by atoms with E-state index in [2.05, 4.69) is 36.8 Å². The zero-order valence-electron chi connectivity index (χ0n) is 23.8. The van der Waals surface area contributed by atoms with Crippen LogP contribution in [0.5, 0.6) is 0 Å². The summed E-state index contributed by atoms with van der Waals surface area (Å²) in [6, 6.07) is 11.6. The van der Waals surface area contributed by atoms with Crippen LogP contribution in [0.1, 0.15) is 79.4 Å². The quantitative estimate of drug-likeness (QED) is 0.136. The molecule has 0 saturated heterocycles. The molecule has 0 spiro atoms. The second-order valence-electron chi connectivity index (χ2n) is 10.6. The summed E-state index contributed by atoms with van der Waals surface area (Å²) in [5.74, 6) is -0.399. The summed E-state index contributed by atoms with van der Waals surface area (Å²) < 4.78 is -7.97. The van der Waals surface area contributed by atoms with Crippen molar-refractivity contribution in [1.29, 1.82) is 0 Å². The first kappa shape index (κ1) is 38.2. The first-order chi connectivity index (χ1) is 21.8. The zero-order chi connectivity index (χ0) is 34.5. The summed E-state index contributed by atoms with van der Waals surface area (Å²) in [5, 5.41) is 0. The molecule has 0 unspecified atom stereocenters. The van der Waals surface area contributed by atoms with E-state index < -0.39 is 15.2 Å². The van der Waals surface area contributed by atoms with Gasteiger partial charge in [-0.3, -0.25) is 0 Å². The minimum atomic E-state index is -1.99. The Morgan fingerprint density at radius 2 is 0.851 bits per heavy atom. The van der Waals surface area contributed by atoms with Crippen LogP contribution in [0.15, 0.2) is 36.4 Å². The molecule has 1 aliphatic rings. The predicted molar refractivity (Wildman–Crippen MR) is 197 cm³/mol. The van der Waals surface area contributed by atoms with Crippen LogP contribution in [0, 0.1) is 0 Å². The molecule has 2 aromatic heterocycles. The third-order valence-corrected chi connectivity index (χ3v) is 9.32. The van der Waals surface area contributed by atoms with Crippen molar-refractivity contribution in [2.75, 3.05) is 0 Å². The first-order valence-electron chi connectivity index (χ1n) is 13.9. The summed E-state index contributed by atoms with van der Waals surface area (Å²) in [4.78, 5) is 25.8. The summed E-state index contributed by atoms with van der Waals surface area (Å²) in [7, 11) is 0. The van der Waals surface area contributed by atoms with Crippen LogP contribution < -0.4 is 0 Å².